The maximum atomic E-state index is 13.4. The van der Waals surface area contributed by atoms with Crippen LogP contribution in [0.5, 0.6) is 0 Å². The summed E-state index contributed by atoms with van der Waals surface area (Å²) in [5.74, 6) is 0.0280. The third-order valence-corrected chi connectivity index (χ3v) is 4.90. The molecule has 0 saturated carbocycles. The molecular formula is C19H24F3N5O. The summed E-state index contributed by atoms with van der Waals surface area (Å²) in [5, 5.41) is 6.36. The number of hydrogen-bond donors (Lipinski definition) is 2. The van der Waals surface area contributed by atoms with Crippen molar-refractivity contribution in [3.8, 4) is 0 Å². The van der Waals surface area contributed by atoms with Crippen molar-refractivity contribution in [2.75, 3.05) is 33.7 Å². The van der Waals surface area contributed by atoms with Gasteiger partial charge in [-0.3, -0.25) is 14.8 Å². The lowest BCUT2D eigenvalue weighted by Crippen LogP contribution is -2.58. The van der Waals surface area contributed by atoms with Crippen molar-refractivity contribution in [3.05, 3.63) is 35.7 Å². The Morgan fingerprint density at radius 2 is 1.96 bits per heavy atom. The van der Waals surface area contributed by atoms with Crippen LogP contribution in [0.3, 0.4) is 0 Å². The van der Waals surface area contributed by atoms with Gasteiger partial charge in [-0.2, -0.15) is 13.2 Å². The maximum absolute atomic E-state index is 13.4. The van der Waals surface area contributed by atoms with Crippen LogP contribution < -0.4 is 10.6 Å². The number of carbonyl (C=O) groups excluding carboxylic acids is 1. The van der Waals surface area contributed by atoms with E-state index in [2.05, 4.69) is 20.6 Å². The molecule has 2 aromatic rings. The molecule has 6 nitrogen and oxygen atoms in total. The summed E-state index contributed by atoms with van der Waals surface area (Å²) in [4.78, 5) is 22.5. The first-order chi connectivity index (χ1) is 13.1. The minimum atomic E-state index is -4.54. The van der Waals surface area contributed by atoms with Gasteiger partial charge in [-0.1, -0.05) is 13.0 Å². The second-order valence-corrected chi connectivity index (χ2v) is 7.72. The predicted octanol–water partition coefficient (Wildman–Crippen LogP) is 2.15. The second-order valence-electron chi connectivity index (χ2n) is 7.72. The van der Waals surface area contributed by atoms with E-state index in [0.717, 1.165) is 12.6 Å². The summed E-state index contributed by atoms with van der Waals surface area (Å²) in [6.45, 7) is 3.40. The van der Waals surface area contributed by atoms with Gasteiger partial charge in [0.15, 0.2) is 0 Å². The summed E-state index contributed by atoms with van der Waals surface area (Å²) >= 11 is 0. The molecule has 28 heavy (non-hydrogen) atoms. The number of rotatable bonds is 4. The van der Waals surface area contributed by atoms with Crippen molar-refractivity contribution in [1.29, 1.82) is 0 Å². The van der Waals surface area contributed by atoms with Gasteiger partial charge in [0.05, 0.1) is 23.2 Å². The molecule has 1 aliphatic rings. The fraction of sp³-hybridized carbons (Fsp3) is 0.526. The van der Waals surface area contributed by atoms with E-state index < -0.39 is 17.3 Å². The van der Waals surface area contributed by atoms with Crippen LogP contribution in [0.25, 0.3) is 11.0 Å². The molecule has 2 atom stereocenters. The zero-order valence-electron chi connectivity index (χ0n) is 16.1. The van der Waals surface area contributed by atoms with Crippen LogP contribution in [0.1, 0.15) is 24.5 Å². The van der Waals surface area contributed by atoms with Crippen molar-refractivity contribution in [1.82, 2.24) is 25.5 Å². The molecule has 1 aromatic heterocycles. The van der Waals surface area contributed by atoms with Gasteiger partial charge >= 0.3 is 6.18 Å². The van der Waals surface area contributed by atoms with E-state index in [9.17, 15) is 18.0 Å². The number of aromatic nitrogens is 2. The molecule has 1 fully saturated rings. The number of fused-ring (bicyclic) bond motifs is 1. The fourth-order valence-electron chi connectivity index (χ4n) is 3.90. The van der Waals surface area contributed by atoms with Crippen LogP contribution in [-0.4, -0.2) is 54.5 Å². The summed E-state index contributed by atoms with van der Waals surface area (Å²) in [7, 11) is 3.57. The highest BCUT2D eigenvalue weighted by Gasteiger charge is 2.41. The van der Waals surface area contributed by atoms with Crippen LogP contribution >= 0.6 is 0 Å². The van der Waals surface area contributed by atoms with E-state index in [4.69, 9.17) is 0 Å². The number of carbonyl (C=O) groups is 1. The maximum Gasteiger partial charge on any atom is 0.418 e. The Labute approximate surface area is 161 Å². The van der Waals surface area contributed by atoms with E-state index in [-0.39, 0.29) is 29.4 Å². The highest BCUT2D eigenvalue weighted by Crippen LogP contribution is 2.39. The van der Waals surface area contributed by atoms with Gasteiger partial charge in [-0.25, -0.2) is 0 Å². The van der Waals surface area contributed by atoms with Crippen LogP contribution in [0.15, 0.2) is 24.5 Å². The summed E-state index contributed by atoms with van der Waals surface area (Å²) in [6, 6.07) is 2.46. The number of hydrogen-bond acceptors (Lipinski definition) is 5. The van der Waals surface area contributed by atoms with Gasteiger partial charge in [0.2, 0.25) is 5.91 Å². The molecule has 0 unspecified atom stereocenters. The van der Waals surface area contributed by atoms with E-state index >= 15 is 0 Å². The summed E-state index contributed by atoms with van der Waals surface area (Å²) in [5.41, 5.74) is -1.17. The van der Waals surface area contributed by atoms with Gasteiger partial charge in [0.25, 0.3) is 0 Å². The number of amides is 1. The normalized spacial score (nSPS) is 23.2. The van der Waals surface area contributed by atoms with Crippen LogP contribution in [-0.2, 0) is 16.5 Å². The van der Waals surface area contributed by atoms with Crippen LogP contribution in [0, 0.1) is 5.92 Å². The average Bonchev–Trinajstić information content (AvgIpc) is 2.59. The number of halogens is 3. The first-order valence-electron chi connectivity index (χ1n) is 9.10. The van der Waals surface area contributed by atoms with E-state index in [1.54, 1.807) is 19.0 Å². The fourth-order valence-corrected chi connectivity index (χ4v) is 3.90. The quantitative estimate of drug-likeness (QED) is 0.830. The Bertz CT molecular complexity index is 870. The Balaban J connectivity index is 2.15. The standard InChI is InChI=1S/C19H24F3N5O/c1-12-8-18(11-23-9-12,26-15(28)10-27(2)3)13-4-5-14(19(20,21)22)17-16(13)24-6-7-25-17/h4-7,12,23H,8-11H2,1-3H3,(H,26,28)/t12-,18-/m0/s1. The molecular weight excluding hydrogens is 371 g/mol. The first-order valence-corrected chi connectivity index (χ1v) is 9.10. The number of likely N-dealkylation sites (N-methyl/N-ethyl adjacent to an activating group) is 1. The molecule has 2 heterocycles. The number of benzene rings is 1. The Morgan fingerprint density at radius 1 is 1.29 bits per heavy atom. The molecule has 0 spiro atoms. The number of nitrogens with one attached hydrogen (secondary N) is 2. The number of nitrogens with zero attached hydrogens (tertiary/aromatic N) is 3. The lowest BCUT2D eigenvalue weighted by atomic mass is 9.78. The van der Waals surface area contributed by atoms with Gasteiger partial charge in [-0.05, 0) is 39.0 Å². The molecule has 1 amide bonds. The van der Waals surface area contributed by atoms with E-state index in [1.807, 2.05) is 6.92 Å². The zero-order chi connectivity index (χ0) is 20.5. The van der Waals surface area contributed by atoms with Crippen LogP contribution in [0.4, 0.5) is 13.2 Å². The summed E-state index contributed by atoms with van der Waals surface area (Å²) in [6.07, 6.45) is -1.32. The third kappa shape index (κ3) is 4.10. The third-order valence-electron chi connectivity index (χ3n) is 4.90. The molecule has 0 radical (unpaired) electrons. The average molecular weight is 395 g/mol. The van der Waals surface area contributed by atoms with Crippen molar-refractivity contribution in [2.24, 2.45) is 5.92 Å². The lowest BCUT2D eigenvalue weighted by Gasteiger charge is -2.42. The van der Waals surface area contributed by atoms with E-state index in [0.29, 0.717) is 18.5 Å². The van der Waals surface area contributed by atoms with Crippen molar-refractivity contribution in [2.45, 2.75) is 25.1 Å². The lowest BCUT2D eigenvalue weighted by molar-refractivity contribution is -0.136. The molecule has 0 bridgehead atoms. The van der Waals surface area contributed by atoms with Gasteiger partial charge < -0.3 is 15.5 Å². The molecule has 1 aromatic carbocycles. The van der Waals surface area contributed by atoms with E-state index in [1.165, 1.54) is 18.5 Å². The molecule has 152 valence electrons. The van der Waals surface area contributed by atoms with Gasteiger partial charge in [-0.15, -0.1) is 0 Å². The van der Waals surface area contributed by atoms with Crippen LogP contribution in [0.2, 0.25) is 0 Å². The topological polar surface area (TPSA) is 70.2 Å². The zero-order valence-corrected chi connectivity index (χ0v) is 16.1. The number of piperidine rings is 1. The Kier molecular flexibility index (Phi) is 5.58. The highest BCUT2D eigenvalue weighted by atomic mass is 19.4. The second kappa shape index (κ2) is 7.63. The smallest absolute Gasteiger partial charge is 0.344 e. The first kappa shape index (κ1) is 20.5. The van der Waals surface area contributed by atoms with Crippen molar-refractivity contribution in [3.63, 3.8) is 0 Å². The SMILES string of the molecule is C[C@@H]1CNC[C@](NC(=O)CN(C)C)(c2ccc(C(F)(F)F)c3nccnc23)C1. The van der Waals surface area contributed by atoms with Gasteiger partial charge in [0, 0.05) is 24.5 Å². The molecule has 2 N–H and O–H groups in total. The minimum absolute atomic E-state index is 0.165. The largest absolute Gasteiger partial charge is 0.418 e. The predicted molar refractivity (Wildman–Crippen MR) is 99.6 cm³/mol. The molecule has 3 rings (SSSR count). The van der Waals surface area contributed by atoms with Crippen molar-refractivity contribution >= 4 is 16.9 Å². The minimum Gasteiger partial charge on any atom is -0.344 e. The highest BCUT2D eigenvalue weighted by molar-refractivity contribution is 5.85. The monoisotopic (exact) mass is 395 g/mol. The number of alkyl halides is 3. The Morgan fingerprint density at radius 3 is 2.57 bits per heavy atom. The molecule has 9 heteroatoms. The molecule has 1 saturated heterocycles. The molecule has 1 aliphatic heterocycles. The van der Waals surface area contributed by atoms with Crippen molar-refractivity contribution < 1.29 is 18.0 Å². The van der Waals surface area contributed by atoms with Gasteiger partial charge in [0.1, 0.15) is 5.52 Å². The Hall–Kier alpha value is -2.26. The molecule has 0 aliphatic carbocycles. The summed E-state index contributed by atoms with van der Waals surface area (Å²) < 4.78 is 40.3.